The molecule has 46 heavy (non-hydrogen) atoms. The van der Waals surface area contributed by atoms with E-state index in [0.717, 1.165) is 5.56 Å². The fraction of sp³-hybridized carbons (Fsp3) is 0.171. The molecule has 0 aliphatic carbocycles. The van der Waals surface area contributed by atoms with E-state index in [4.69, 9.17) is 9.47 Å². The summed E-state index contributed by atoms with van der Waals surface area (Å²) >= 11 is 0. The maximum Gasteiger partial charge on any atom is 0.255 e. The molecule has 1 atom stereocenters. The summed E-state index contributed by atoms with van der Waals surface area (Å²) in [6.07, 6.45) is 1.95. The highest BCUT2D eigenvalue weighted by Crippen LogP contribution is 2.22. The number of anilines is 2. The maximum atomic E-state index is 13.6. The zero-order chi connectivity index (χ0) is 32.5. The Morgan fingerprint density at radius 1 is 0.848 bits per heavy atom. The molecule has 3 amide bonds. The van der Waals surface area contributed by atoms with E-state index in [2.05, 4.69) is 20.9 Å². The van der Waals surface area contributed by atoms with Crippen LogP contribution in [0.1, 0.15) is 15.9 Å². The summed E-state index contributed by atoms with van der Waals surface area (Å²) in [5.74, 6) is 0.314. The first-order chi connectivity index (χ1) is 22.3. The normalized spacial score (nSPS) is 11.3. The lowest BCUT2D eigenvalue weighted by molar-refractivity contribution is -0.127. The molecule has 0 spiro atoms. The molecule has 0 aliphatic heterocycles. The Bertz CT molecular complexity index is 1810. The average molecular weight is 619 g/mol. The van der Waals surface area contributed by atoms with Gasteiger partial charge in [-0.15, -0.1) is 5.10 Å². The van der Waals surface area contributed by atoms with E-state index < -0.39 is 11.9 Å². The SMILES string of the molecule is COc1ccc(N(C)C(=O)[C@H](Cc2ccccc2)NC(=O)Cn2cc(-c3cccc(NC(=O)c4cccc(OC)c4)c3)nn2)cc1. The Kier molecular flexibility index (Phi) is 10.0. The number of nitrogens with zero attached hydrogens (tertiary/aromatic N) is 4. The first-order valence-corrected chi connectivity index (χ1v) is 14.5. The van der Waals surface area contributed by atoms with Crippen LogP contribution in [0.3, 0.4) is 0 Å². The number of aromatic nitrogens is 3. The molecule has 4 aromatic carbocycles. The summed E-state index contributed by atoms with van der Waals surface area (Å²) in [4.78, 5) is 41.1. The second-order valence-electron chi connectivity index (χ2n) is 10.5. The van der Waals surface area contributed by atoms with Gasteiger partial charge in [-0.2, -0.15) is 0 Å². The standard InChI is InChI=1S/C35H34N6O5/c1-40(28-15-17-29(45-2)18-16-28)35(44)31(19-24-9-5-4-6-10-24)37-33(42)23-41-22-32(38-39-41)25-11-7-13-27(20-25)36-34(43)26-12-8-14-30(21-26)46-3/h4-18,20-22,31H,19,23H2,1-3H3,(H,36,43)(H,37,42)/t31-/m0/s1. The Morgan fingerprint density at radius 2 is 1.59 bits per heavy atom. The third kappa shape index (κ3) is 7.94. The van der Waals surface area contributed by atoms with Crippen molar-refractivity contribution in [2.45, 2.75) is 19.0 Å². The number of rotatable bonds is 12. The summed E-state index contributed by atoms with van der Waals surface area (Å²) in [5, 5.41) is 14.1. The van der Waals surface area contributed by atoms with E-state index in [1.54, 1.807) is 94.2 Å². The summed E-state index contributed by atoms with van der Waals surface area (Å²) in [5.41, 5.74) is 3.82. The molecule has 0 saturated carbocycles. The third-order valence-corrected chi connectivity index (χ3v) is 7.30. The van der Waals surface area contributed by atoms with E-state index in [9.17, 15) is 14.4 Å². The van der Waals surface area contributed by atoms with Gasteiger partial charge in [0.05, 0.1) is 20.4 Å². The quantitative estimate of drug-likeness (QED) is 0.209. The molecule has 0 aliphatic rings. The minimum atomic E-state index is -0.824. The van der Waals surface area contributed by atoms with Gasteiger partial charge in [0, 0.05) is 36.0 Å². The predicted octanol–water partition coefficient (Wildman–Crippen LogP) is 4.61. The number of hydrogen-bond acceptors (Lipinski definition) is 7. The van der Waals surface area contributed by atoms with Gasteiger partial charge in [0.25, 0.3) is 5.91 Å². The molecule has 5 aromatic rings. The van der Waals surface area contributed by atoms with Crippen molar-refractivity contribution in [1.29, 1.82) is 0 Å². The average Bonchev–Trinajstić information content (AvgIpc) is 3.56. The Morgan fingerprint density at radius 3 is 2.33 bits per heavy atom. The van der Waals surface area contributed by atoms with Gasteiger partial charge in [-0.25, -0.2) is 4.68 Å². The van der Waals surface area contributed by atoms with E-state index in [1.807, 2.05) is 36.4 Å². The second kappa shape index (κ2) is 14.7. The van der Waals surface area contributed by atoms with Crippen LogP contribution in [0.15, 0.2) is 109 Å². The molecule has 0 bridgehead atoms. The topological polar surface area (TPSA) is 128 Å². The van der Waals surface area contributed by atoms with Gasteiger partial charge in [-0.05, 0) is 60.2 Å². The smallest absolute Gasteiger partial charge is 0.255 e. The van der Waals surface area contributed by atoms with Crippen LogP contribution >= 0.6 is 0 Å². The highest BCUT2D eigenvalue weighted by atomic mass is 16.5. The predicted molar refractivity (Wildman–Crippen MR) is 175 cm³/mol. The van der Waals surface area contributed by atoms with E-state index in [0.29, 0.717) is 46.1 Å². The van der Waals surface area contributed by atoms with Gasteiger partial charge in [0.1, 0.15) is 29.8 Å². The summed E-state index contributed by atoms with van der Waals surface area (Å²) in [7, 11) is 4.79. The first kappa shape index (κ1) is 31.5. The van der Waals surface area contributed by atoms with Crippen LogP contribution in [0.2, 0.25) is 0 Å². The highest BCUT2D eigenvalue weighted by molar-refractivity contribution is 6.04. The zero-order valence-corrected chi connectivity index (χ0v) is 25.7. The molecule has 0 radical (unpaired) electrons. The number of likely N-dealkylation sites (N-methyl/N-ethyl adjacent to an activating group) is 1. The number of ether oxygens (including phenoxy) is 2. The van der Waals surface area contributed by atoms with Crippen molar-refractivity contribution in [2.75, 3.05) is 31.5 Å². The van der Waals surface area contributed by atoms with Crippen LogP contribution in [0, 0.1) is 0 Å². The van der Waals surface area contributed by atoms with Gasteiger partial charge < -0.3 is 25.0 Å². The molecule has 5 rings (SSSR count). The number of benzene rings is 4. The molecule has 0 saturated heterocycles. The fourth-order valence-corrected chi connectivity index (χ4v) is 4.84. The van der Waals surface area contributed by atoms with E-state index in [1.165, 1.54) is 9.58 Å². The lowest BCUT2D eigenvalue weighted by atomic mass is 10.0. The lowest BCUT2D eigenvalue weighted by Crippen LogP contribution is -2.49. The van der Waals surface area contributed by atoms with Gasteiger partial charge in [0.2, 0.25) is 11.8 Å². The lowest BCUT2D eigenvalue weighted by Gasteiger charge is -2.25. The molecule has 0 fully saturated rings. The van der Waals surface area contributed by atoms with Crippen LogP contribution in [0.5, 0.6) is 11.5 Å². The van der Waals surface area contributed by atoms with Crippen LogP contribution < -0.4 is 25.0 Å². The van der Waals surface area contributed by atoms with Crippen molar-refractivity contribution in [3.63, 3.8) is 0 Å². The maximum absolute atomic E-state index is 13.6. The summed E-state index contributed by atoms with van der Waals surface area (Å²) in [6, 6.07) is 29.8. The van der Waals surface area contributed by atoms with Crippen molar-refractivity contribution < 1.29 is 23.9 Å². The molecule has 0 unspecified atom stereocenters. The highest BCUT2D eigenvalue weighted by Gasteiger charge is 2.26. The molecule has 11 nitrogen and oxygen atoms in total. The third-order valence-electron chi connectivity index (χ3n) is 7.30. The molecule has 2 N–H and O–H groups in total. The van der Waals surface area contributed by atoms with Crippen LogP contribution in [-0.2, 0) is 22.6 Å². The second-order valence-corrected chi connectivity index (χ2v) is 10.5. The van der Waals surface area contributed by atoms with Crippen molar-refractivity contribution in [3.05, 3.63) is 120 Å². The summed E-state index contributed by atoms with van der Waals surface area (Å²) in [6.45, 7) is -0.149. The largest absolute Gasteiger partial charge is 0.497 e. The summed E-state index contributed by atoms with van der Waals surface area (Å²) < 4.78 is 11.8. The van der Waals surface area contributed by atoms with Crippen LogP contribution in [-0.4, -0.2) is 60.0 Å². The Labute approximate surface area is 266 Å². The minimum Gasteiger partial charge on any atom is -0.497 e. The molecular formula is C35H34N6O5. The first-order valence-electron chi connectivity index (χ1n) is 14.5. The van der Waals surface area contributed by atoms with Crippen molar-refractivity contribution in [3.8, 4) is 22.8 Å². The Balaban J connectivity index is 1.26. The molecule has 1 aromatic heterocycles. The monoisotopic (exact) mass is 618 g/mol. The molecule has 234 valence electrons. The van der Waals surface area contributed by atoms with Crippen LogP contribution in [0.25, 0.3) is 11.3 Å². The number of nitrogens with one attached hydrogen (secondary N) is 2. The van der Waals surface area contributed by atoms with Gasteiger partial charge >= 0.3 is 0 Å². The Hall–Kier alpha value is -5.97. The molecule has 11 heteroatoms. The number of carbonyl (C=O) groups excluding carboxylic acids is 3. The number of methoxy groups -OCH3 is 2. The van der Waals surface area contributed by atoms with Gasteiger partial charge in [0.15, 0.2) is 0 Å². The number of amides is 3. The van der Waals surface area contributed by atoms with Gasteiger partial charge in [-0.3, -0.25) is 14.4 Å². The van der Waals surface area contributed by atoms with E-state index in [-0.39, 0.29) is 18.4 Å². The van der Waals surface area contributed by atoms with Crippen molar-refractivity contribution in [1.82, 2.24) is 20.3 Å². The molecule has 1 heterocycles. The van der Waals surface area contributed by atoms with Crippen LogP contribution in [0.4, 0.5) is 11.4 Å². The van der Waals surface area contributed by atoms with Gasteiger partial charge in [-0.1, -0.05) is 53.7 Å². The van der Waals surface area contributed by atoms with Crippen molar-refractivity contribution in [2.24, 2.45) is 0 Å². The number of carbonyl (C=O) groups is 3. The number of hydrogen-bond donors (Lipinski definition) is 2. The minimum absolute atomic E-state index is 0.149. The fourth-order valence-electron chi connectivity index (χ4n) is 4.84. The zero-order valence-electron chi connectivity index (χ0n) is 25.7. The molecular weight excluding hydrogens is 584 g/mol. The van der Waals surface area contributed by atoms with E-state index >= 15 is 0 Å². The van der Waals surface area contributed by atoms with Crippen molar-refractivity contribution >= 4 is 29.1 Å².